The highest BCUT2D eigenvalue weighted by molar-refractivity contribution is 9.10. The molecule has 0 saturated heterocycles. The van der Waals surface area contributed by atoms with Crippen LogP contribution >= 0.6 is 15.9 Å². The summed E-state index contributed by atoms with van der Waals surface area (Å²) >= 11 is 3.24. The van der Waals surface area contributed by atoms with Crippen LogP contribution < -0.4 is 10.2 Å². The van der Waals surface area contributed by atoms with Crippen LogP contribution in [0, 0.1) is 5.82 Å². The molecule has 1 rings (SSSR count). The van der Waals surface area contributed by atoms with Crippen molar-refractivity contribution in [3.05, 3.63) is 28.5 Å². The van der Waals surface area contributed by atoms with Crippen LogP contribution in [0.15, 0.2) is 22.7 Å². The Morgan fingerprint density at radius 1 is 1.36 bits per heavy atom. The Bertz CT molecular complexity index is 503. The SMILES string of the molecule is CN(CCNCCC(=O)OC(C)(C)C)c1ccc(Br)cc1F. The summed E-state index contributed by atoms with van der Waals surface area (Å²) in [4.78, 5) is 13.4. The maximum atomic E-state index is 13.8. The van der Waals surface area contributed by atoms with Gasteiger partial charge < -0.3 is 15.0 Å². The number of ether oxygens (including phenoxy) is 1. The quantitative estimate of drug-likeness (QED) is 0.586. The van der Waals surface area contributed by atoms with Crippen LogP contribution in [0.5, 0.6) is 0 Å². The molecule has 0 amide bonds. The highest BCUT2D eigenvalue weighted by atomic mass is 79.9. The molecule has 0 saturated carbocycles. The van der Waals surface area contributed by atoms with E-state index < -0.39 is 5.60 Å². The molecule has 1 N–H and O–H groups in total. The number of halogens is 2. The fraction of sp³-hybridized carbons (Fsp3) is 0.562. The molecule has 0 aliphatic heterocycles. The van der Waals surface area contributed by atoms with E-state index in [0.29, 0.717) is 31.7 Å². The lowest BCUT2D eigenvalue weighted by Crippen LogP contribution is -2.32. The van der Waals surface area contributed by atoms with Gasteiger partial charge in [0.25, 0.3) is 0 Å². The predicted molar refractivity (Wildman–Crippen MR) is 90.7 cm³/mol. The average molecular weight is 375 g/mol. The Labute approximate surface area is 140 Å². The number of carbonyl (C=O) groups excluding carboxylic acids is 1. The maximum Gasteiger partial charge on any atom is 0.307 e. The van der Waals surface area contributed by atoms with Crippen LogP contribution in [0.3, 0.4) is 0 Å². The van der Waals surface area contributed by atoms with E-state index in [1.54, 1.807) is 6.07 Å². The molecule has 1 aromatic rings. The zero-order valence-corrected chi connectivity index (χ0v) is 15.2. The molecule has 22 heavy (non-hydrogen) atoms. The molecular formula is C16H24BrFN2O2. The summed E-state index contributed by atoms with van der Waals surface area (Å²) in [5.74, 6) is -0.474. The molecule has 0 atom stereocenters. The number of benzene rings is 1. The molecule has 0 aliphatic carbocycles. The van der Waals surface area contributed by atoms with Gasteiger partial charge in [-0.3, -0.25) is 4.79 Å². The highest BCUT2D eigenvalue weighted by Crippen LogP contribution is 2.21. The molecule has 0 unspecified atom stereocenters. The van der Waals surface area contributed by atoms with Gasteiger partial charge >= 0.3 is 5.97 Å². The van der Waals surface area contributed by atoms with Crippen molar-refractivity contribution in [2.45, 2.75) is 32.8 Å². The fourth-order valence-electron chi connectivity index (χ4n) is 1.87. The minimum Gasteiger partial charge on any atom is -0.460 e. The Kier molecular flexibility index (Phi) is 7.29. The van der Waals surface area contributed by atoms with E-state index in [9.17, 15) is 9.18 Å². The number of anilines is 1. The van der Waals surface area contributed by atoms with E-state index in [1.807, 2.05) is 38.8 Å². The molecule has 0 radical (unpaired) electrons. The largest absolute Gasteiger partial charge is 0.460 e. The van der Waals surface area contributed by atoms with E-state index in [-0.39, 0.29) is 11.8 Å². The number of rotatable bonds is 7. The lowest BCUT2D eigenvalue weighted by Gasteiger charge is -2.21. The molecule has 6 heteroatoms. The molecule has 0 aliphatic rings. The zero-order chi connectivity index (χ0) is 16.8. The molecular weight excluding hydrogens is 351 g/mol. The summed E-state index contributed by atoms with van der Waals surface area (Å²) in [5, 5.41) is 3.16. The lowest BCUT2D eigenvalue weighted by molar-refractivity contribution is -0.154. The van der Waals surface area contributed by atoms with Crippen LogP contribution in [-0.2, 0) is 9.53 Å². The van der Waals surface area contributed by atoms with E-state index in [1.165, 1.54) is 6.07 Å². The van der Waals surface area contributed by atoms with Gasteiger partial charge in [0.1, 0.15) is 11.4 Å². The van der Waals surface area contributed by atoms with Crippen molar-refractivity contribution in [1.29, 1.82) is 0 Å². The number of hydrogen-bond donors (Lipinski definition) is 1. The van der Waals surface area contributed by atoms with Gasteiger partial charge in [0.2, 0.25) is 0 Å². The van der Waals surface area contributed by atoms with Gasteiger partial charge in [-0.05, 0) is 39.0 Å². The fourth-order valence-corrected chi connectivity index (χ4v) is 2.20. The second kappa shape index (κ2) is 8.48. The summed E-state index contributed by atoms with van der Waals surface area (Å²) in [6, 6.07) is 4.99. The second-order valence-electron chi connectivity index (χ2n) is 6.10. The average Bonchev–Trinajstić information content (AvgIpc) is 2.35. The third-order valence-electron chi connectivity index (χ3n) is 2.87. The van der Waals surface area contributed by atoms with E-state index in [2.05, 4.69) is 21.2 Å². The first-order chi connectivity index (χ1) is 10.2. The Balaban J connectivity index is 2.26. The van der Waals surface area contributed by atoms with Gasteiger partial charge in [-0.25, -0.2) is 4.39 Å². The van der Waals surface area contributed by atoms with Gasteiger partial charge in [-0.1, -0.05) is 15.9 Å². The van der Waals surface area contributed by atoms with Crippen molar-refractivity contribution in [3.8, 4) is 0 Å². The summed E-state index contributed by atoms with van der Waals surface area (Å²) in [5.41, 5.74) is 0.105. The van der Waals surface area contributed by atoms with E-state index >= 15 is 0 Å². The Morgan fingerprint density at radius 2 is 2.05 bits per heavy atom. The van der Waals surface area contributed by atoms with Crippen molar-refractivity contribution < 1.29 is 13.9 Å². The van der Waals surface area contributed by atoms with Crippen molar-refractivity contribution >= 4 is 27.6 Å². The predicted octanol–water partition coefficient (Wildman–Crippen LogP) is 3.35. The standard InChI is InChI=1S/C16H24BrFN2O2/c1-16(2,3)22-15(21)7-8-19-9-10-20(4)14-6-5-12(17)11-13(14)18/h5-6,11,19H,7-10H2,1-4H3. The van der Waals surface area contributed by atoms with Crippen LogP contribution in [0.4, 0.5) is 10.1 Å². The molecule has 124 valence electrons. The van der Waals surface area contributed by atoms with Gasteiger partial charge in [0.05, 0.1) is 12.1 Å². The highest BCUT2D eigenvalue weighted by Gasteiger charge is 2.15. The molecule has 0 bridgehead atoms. The minimum absolute atomic E-state index is 0.215. The molecule has 1 aromatic carbocycles. The molecule has 0 aromatic heterocycles. The summed E-state index contributed by atoms with van der Waals surface area (Å²) in [6.45, 7) is 7.40. The van der Waals surface area contributed by atoms with Crippen LogP contribution in [0.1, 0.15) is 27.2 Å². The zero-order valence-electron chi connectivity index (χ0n) is 13.6. The number of carbonyl (C=O) groups is 1. The van der Waals surface area contributed by atoms with E-state index in [4.69, 9.17) is 4.74 Å². The van der Waals surface area contributed by atoms with Crippen LogP contribution in [-0.4, -0.2) is 38.3 Å². The smallest absolute Gasteiger partial charge is 0.307 e. The number of hydrogen-bond acceptors (Lipinski definition) is 4. The van der Waals surface area contributed by atoms with Crippen LogP contribution in [0.2, 0.25) is 0 Å². The molecule has 0 spiro atoms. The van der Waals surface area contributed by atoms with Crippen molar-refractivity contribution in [2.75, 3.05) is 31.6 Å². The number of nitrogens with zero attached hydrogens (tertiary/aromatic N) is 1. The molecule has 4 nitrogen and oxygen atoms in total. The third-order valence-corrected chi connectivity index (χ3v) is 3.36. The van der Waals surface area contributed by atoms with E-state index in [0.717, 1.165) is 4.47 Å². The summed E-state index contributed by atoms with van der Waals surface area (Å²) in [7, 11) is 1.84. The number of esters is 1. The van der Waals surface area contributed by atoms with Gasteiger partial charge in [0.15, 0.2) is 0 Å². The summed E-state index contributed by atoms with van der Waals surface area (Å²) in [6.07, 6.45) is 0.327. The Morgan fingerprint density at radius 3 is 2.64 bits per heavy atom. The Hall–Kier alpha value is -1.14. The van der Waals surface area contributed by atoms with Crippen molar-refractivity contribution in [1.82, 2.24) is 5.32 Å². The maximum absolute atomic E-state index is 13.8. The third kappa shape index (κ3) is 7.22. The van der Waals surface area contributed by atoms with Gasteiger partial charge in [-0.15, -0.1) is 0 Å². The monoisotopic (exact) mass is 374 g/mol. The number of likely N-dealkylation sites (N-methyl/N-ethyl adjacent to an activating group) is 1. The first-order valence-corrected chi connectivity index (χ1v) is 8.07. The second-order valence-corrected chi connectivity index (χ2v) is 7.02. The summed E-state index contributed by atoms with van der Waals surface area (Å²) < 4.78 is 19.7. The topological polar surface area (TPSA) is 41.6 Å². The first-order valence-electron chi connectivity index (χ1n) is 7.28. The van der Waals surface area contributed by atoms with Gasteiger partial charge in [0, 0.05) is 31.2 Å². The minimum atomic E-state index is -0.448. The normalized spacial score (nSPS) is 11.4. The van der Waals surface area contributed by atoms with Crippen molar-refractivity contribution in [3.63, 3.8) is 0 Å². The number of nitrogens with one attached hydrogen (secondary N) is 1. The molecule has 0 heterocycles. The van der Waals surface area contributed by atoms with Gasteiger partial charge in [-0.2, -0.15) is 0 Å². The lowest BCUT2D eigenvalue weighted by atomic mass is 10.2. The van der Waals surface area contributed by atoms with Crippen molar-refractivity contribution in [2.24, 2.45) is 0 Å². The first kappa shape index (κ1) is 18.9. The van der Waals surface area contributed by atoms with Crippen LogP contribution in [0.25, 0.3) is 0 Å². The molecule has 0 fully saturated rings.